The Morgan fingerprint density at radius 2 is 1.86 bits per heavy atom. The van der Waals surface area contributed by atoms with Crippen LogP contribution in [0.15, 0.2) is 77.3 Å². The van der Waals surface area contributed by atoms with Gasteiger partial charge in [-0.25, -0.2) is 0 Å². The molecule has 0 radical (unpaired) electrons. The molecule has 3 aromatic rings. The van der Waals surface area contributed by atoms with E-state index in [1.165, 1.54) is 31.4 Å². The van der Waals surface area contributed by atoms with Crippen molar-refractivity contribution >= 4 is 28.8 Å². The van der Waals surface area contributed by atoms with Gasteiger partial charge in [0.15, 0.2) is 17.3 Å². The summed E-state index contributed by atoms with van der Waals surface area (Å²) < 4.78 is 5.02. The highest BCUT2D eigenvalue weighted by molar-refractivity contribution is 6.02. The summed E-state index contributed by atoms with van der Waals surface area (Å²) in [6.07, 6.45) is 6.58. The smallest absolute Gasteiger partial charge is 0.255 e. The summed E-state index contributed by atoms with van der Waals surface area (Å²) >= 11 is 0. The molecule has 29 heavy (non-hydrogen) atoms. The van der Waals surface area contributed by atoms with Gasteiger partial charge in [0.05, 0.1) is 7.11 Å². The fourth-order valence-electron chi connectivity index (χ4n) is 2.68. The average Bonchev–Trinajstić information content (AvgIpc) is 2.71. The number of carbonyl (C=O) groups excluding carboxylic acids is 1. The first-order valence-corrected chi connectivity index (χ1v) is 8.76. The molecule has 0 bridgehead atoms. The summed E-state index contributed by atoms with van der Waals surface area (Å²) in [5.41, 5.74) is 1.43. The fraction of sp³-hybridized carbons (Fsp3) is 0.0435. The second-order valence-corrected chi connectivity index (χ2v) is 6.21. The molecule has 0 aliphatic rings. The van der Waals surface area contributed by atoms with Gasteiger partial charge >= 0.3 is 0 Å². The zero-order valence-electron chi connectivity index (χ0n) is 15.6. The van der Waals surface area contributed by atoms with Crippen LogP contribution in [-0.2, 0) is 4.79 Å². The van der Waals surface area contributed by atoms with Gasteiger partial charge in [-0.1, -0.05) is 30.3 Å². The summed E-state index contributed by atoms with van der Waals surface area (Å²) in [6.45, 7) is 0. The summed E-state index contributed by atoms with van der Waals surface area (Å²) in [5.74, 6) is -0.411. The third-order valence-corrected chi connectivity index (χ3v) is 4.15. The number of ether oxygens (including phenoxy) is 1. The first-order chi connectivity index (χ1) is 14.0. The summed E-state index contributed by atoms with van der Waals surface area (Å²) in [5, 5.41) is 20.4. The van der Waals surface area contributed by atoms with Gasteiger partial charge in [-0.2, -0.15) is 0 Å². The van der Waals surface area contributed by atoms with Crippen LogP contribution in [-0.4, -0.2) is 28.1 Å². The molecule has 3 rings (SSSR count). The Morgan fingerprint density at radius 3 is 2.66 bits per heavy atom. The number of hydrogen-bond acceptors (Lipinski definition) is 5. The van der Waals surface area contributed by atoms with Crippen LogP contribution in [0.2, 0.25) is 0 Å². The molecule has 6 nitrogen and oxygen atoms in total. The van der Waals surface area contributed by atoms with E-state index in [9.17, 15) is 19.8 Å². The number of hydrogen-bond donors (Lipinski definition) is 3. The van der Waals surface area contributed by atoms with Crippen molar-refractivity contribution in [2.24, 2.45) is 0 Å². The van der Waals surface area contributed by atoms with Gasteiger partial charge in [-0.15, -0.1) is 0 Å². The molecule has 0 unspecified atom stereocenters. The first-order valence-electron chi connectivity index (χ1n) is 8.76. The Kier molecular flexibility index (Phi) is 5.94. The molecule has 0 saturated carbocycles. The largest absolute Gasteiger partial charge is 0.508 e. The molecule has 0 fully saturated rings. The molecule has 0 aliphatic carbocycles. The van der Waals surface area contributed by atoms with E-state index in [-0.39, 0.29) is 17.1 Å². The van der Waals surface area contributed by atoms with Gasteiger partial charge in [0.25, 0.3) is 5.56 Å². The summed E-state index contributed by atoms with van der Waals surface area (Å²) in [7, 11) is 1.44. The number of fused-ring (bicyclic) bond motifs is 1. The number of phenols is 1. The molecule has 0 saturated heterocycles. The van der Waals surface area contributed by atoms with Crippen LogP contribution in [0.5, 0.6) is 11.5 Å². The number of ketones is 1. The van der Waals surface area contributed by atoms with Gasteiger partial charge in [0.2, 0.25) is 0 Å². The third kappa shape index (κ3) is 5.01. The second-order valence-electron chi connectivity index (χ2n) is 6.21. The number of methoxy groups -OCH3 is 1. The van der Waals surface area contributed by atoms with Crippen molar-refractivity contribution < 1.29 is 19.7 Å². The highest BCUT2D eigenvalue weighted by Gasteiger charge is 2.02. The van der Waals surface area contributed by atoms with Crippen LogP contribution in [0.25, 0.3) is 23.1 Å². The number of nitrogens with one attached hydrogen (secondary N) is 1. The maximum absolute atomic E-state index is 12.1. The number of aromatic hydroxyl groups is 1. The minimum atomic E-state index is -0.469. The van der Waals surface area contributed by atoms with Crippen LogP contribution in [0.1, 0.15) is 11.1 Å². The van der Waals surface area contributed by atoms with Crippen molar-refractivity contribution in [1.29, 1.82) is 0 Å². The molecular weight excluding hydrogens is 370 g/mol. The number of pyridine rings is 1. The van der Waals surface area contributed by atoms with Crippen LogP contribution in [0.4, 0.5) is 0 Å². The van der Waals surface area contributed by atoms with Crippen LogP contribution in [0, 0.1) is 0 Å². The molecule has 0 spiro atoms. The van der Waals surface area contributed by atoms with E-state index in [0.717, 1.165) is 17.0 Å². The number of rotatable bonds is 6. The average molecular weight is 389 g/mol. The van der Waals surface area contributed by atoms with Crippen molar-refractivity contribution in [2.45, 2.75) is 0 Å². The minimum absolute atomic E-state index is 0.00778. The number of carbonyl (C=O) groups is 1. The Labute approximate surface area is 166 Å². The lowest BCUT2D eigenvalue weighted by Crippen LogP contribution is -2.08. The zero-order chi connectivity index (χ0) is 20.8. The number of allylic oxidation sites excluding steroid dienone is 3. The van der Waals surface area contributed by atoms with E-state index in [1.54, 1.807) is 30.3 Å². The van der Waals surface area contributed by atoms with E-state index < -0.39 is 5.78 Å². The molecule has 146 valence electrons. The number of benzene rings is 2. The highest BCUT2D eigenvalue weighted by Crippen LogP contribution is 2.26. The standard InChI is InChI=1S/C23H19NO5/c1-29-22-12-15(7-11-21(22)27)6-9-18(25)14-19(26)10-8-17-13-16-4-2-3-5-20(16)24-23(17)28/h2-14,25,27H,1H3,(H,24,28)/b9-6+,10-8+,18-14-. The molecular formula is C23H19NO5. The second kappa shape index (κ2) is 8.75. The number of para-hydroxylation sites is 1. The lowest BCUT2D eigenvalue weighted by atomic mass is 10.1. The van der Waals surface area contributed by atoms with Crippen LogP contribution < -0.4 is 10.3 Å². The molecule has 6 heteroatoms. The van der Waals surface area contributed by atoms with Gasteiger partial charge < -0.3 is 19.9 Å². The predicted molar refractivity (Wildman–Crippen MR) is 113 cm³/mol. The third-order valence-electron chi connectivity index (χ3n) is 4.15. The van der Waals surface area contributed by atoms with Gasteiger partial charge in [-0.05, 0) is 53.4 Å². The number of H-pyrrole nitrogens is 1. The lowest BCUT2D eigenvalue weighted by molar-refractivity contribution is -0.110. The highest BCUT2D eigenvalue weighted by atomic mass is 16.5. The monoisotopic (exact) mass is 389 g/mol. The van der Waals surface area contributed by atoms with Gasteiger partial charge in [-0.3, -0.25) is 9.59 Å². The van der Waals surface area contributed by atoms with Crippen LogP contribution in [0.3, 0.4) is 0 Å². The maximum atomic E-state index is 12.1. The van der Waals surface area contributed by atoms with Crippen molar-refractivity contribution in [2.75, 3.05) is 7.11 Å². The molecule has 2 aromatic carbocycles. The normalized spacial score (nSPS) is 12.1. The Morgan fingerprint density at radius 1 is 1.07 bits per heavy atom. The van der Waals surface area contributed by atoms with Crippen molar-refractivity contribution in [3.05, 3.63) is 94.0 Å². The van der Waals surface area contributed by atoms with E-state index in [1.807, 2.05) is 18.2 Å². The topological polar surface area (TPSA) is 99.6 Å². The van der Waals surface area contributed by atoms with E-state index in [2.05, 4.69) is 4.98 Å². The van der Waals surface area contributed by atoms with Gasteiger partial charge in [0.1, 0.15) is 5.76 Å². The Bertz CT molecular complexity index is 1200. The number of aromatic amines is 1. The van der Waals surface area contributed by atoms with Crippen molar-refractivity contribution in [1.82, 2.24) is 4.98 Å². The Balaban J connectivity index is 1.73. The summed E-state index contributed by atoms with van der Waals surface area (Å²) in [6, 6.07) is 13.7. The van der Waals surface area contributed by atoms with E-state index >= 15 is 0 Å². The molecule has 0 amide bonds. The number of aromatic nitrogens is 1. The molecule has 0 atom stereocenters. The molecule has 1 aromatic heterocycles. The molecule has 0 aliphatic heterocycles. The molecule has 1 heterocycles. The first kappa shape index (κ1) is 19.7. The van der Waals surface area contributed by atoms with Crippen LogP contribution >= 0.6 is 0 Å². The fourth-order valence-corrected chi connectivity index (χ4v) is 2.68. The SMILES string of the molecule is COc1cc(/C=C/C(O)=C/C(=O)/C=C/c2cc3ccccc3[nH]c2=O)ccc1O. The van der Waals surface area contributed by atoms with Crippen molar-refractivity contribution in [3.63, 3.8) is 0 Å². The van der Waals surface area contributed by atoms with E-state index in [0.29, 0.717) is 16.9 Å². The number of aliphatic hydroxyl groups is 1. The predicted octanol–water partition coefficient (Wildman–Crippen LogP) is 3.98. The zero-order valence-corrected chi connectivity index (χ0v) is 15.6. The number of aliphatic hydroxyl groups excluding tert-OH is 1. The molecule has 3 N–H and O–H groups in total. The minimum Gasteiger partial charge on any atom is -0.508 e. The van der Waals surface area contributed by atoms with E-state index in [4.69, 9.17) is 4.74 Å². The van der Waals surface area contributed by atoms with Crippen molar-refractivity contribution in [3.8, 4) is 11.5 Å². The lowest BCUT2D eigenvalue weighted by Gasteiger charge is -2.03. The summed E-state index contributed by atoms with van der Waals surface area (Å²) in [4.78, 5) is 26.9. The van der Waals surface area contributed by atoms with Gasteiger partial charge in [0, 0.05) is 17.2 Å². The maximum Gasteiger partial charge on any atom is 0.255 e. The number of phenolic OH excluding ortho intramolecular Hbond substituents is 1. The Hall–Kier alpha value is -4.06. The quantitative estimate of drug-likeness (QED) is 0.336.